The largest absolute Gasteiger partial charge is 0.472 e. The van der Waals surface area contributed by atoms with E-state index >= 15 is 0 Å². The first kappa shape index (κ1) is 102. The number of aliphatic hydroxyl groups excluding tert-OH is 1. The number of unbranched alkanes of at least 4 members (excludes halogenated alkanes) is 54. The predicted molar refractivity (Wildman–Crippen MR) is 428 cm³/mol. The number of hydrogen-bond acceptors (Lipinski definition) is 15. The van der Waals surface area contributed by atoms with E-state index in [1.807, 2.05) is 0 Å². The zero-order chi connectivity index (χ0) is 76.4. The smallest absolute Gasteiger partial charge is 0.462 e. The van der Waals surface area contributed by atoms with Crippen LogP contribution in [0.2, 0.25) is 0 Å². The van der Waals surface area contributed by atoms with Crippen LogP contribution in [0.3, 0.4) is 0 Å². The van der Waals surface area contributed by atoms with Crippen molar-refractivity contribution in [1.29, 1.82) is 0 Å². The summed E-state index contributed by atoms with van der Waals surface area (Å²) in [5, 5.41) is 10.7. The summed E-state index contributed by atoms with van der Waals surface area (Å²) in [6.45, 7) is 9.68. The molecule has 17 nitrogen and oxygen atoms in total. The summed E-state index contributed by atoms with van der Waals surface area (Å²) >= 11 is 0. The van der Waals surface area contributed by atoms with Crippen LogP contribution in [-0.4, -0.2) is 96.7 Å². The molecule has 618 valence electrons. The monoisotopic (exact) mass is 1520 g/mol. The Morgan fingerprint density at radius 3 is 0.654 bits per heavy atom. The maximum atomic E-state index is 13.1. The number of carbonyl (C=O) groups is 4. The molecule has 0 aromatic heterocycles. The summed E-state index contributed by atoms with van der Waals surface area (Å²) in [6, 6.07) is 0. The van der Waals surface area contributed by atoms with E-state index in [0.717, 1.165) is 108 Å². The maximum Gasteiger partial charge on any atom is 0.472 e. The number of carbonyl (C=O) groups excluding carboxylic acids is 4. The second kappa shape index (κ2) is 76.4. The number of phosphoric ester groups is 2. The van der Waals surface area contributed by atoms with Crippen LogP contribution in [0.1, 0.15) is 452 Å². The molecule has 104 heavy (non-hydrogen) atoms. The minimum absolute atomic E-state index is 0.107. The third kappa shape index (κ3) is 78.2. The average molecular weight is 1520 g/mol. The third-order valence-corrected chi connectivity index (χ3v) is 21.9. The van der Waals surface area contributed by atoms with Crippen molar-refractivity contribution in [2.45, 2.75) is 471 Å². The van der Waals surface area contributed by atoms with Crippen molar-refractivity contribution in [2.24, 2.45) is 11.8 Å². The molecule has 0 aliphatic carbocycles. The molecule has 0 aliphatic rings. The molecule has 0 spiro atoms. The van der Waals surface area contributed by atoms with Gasteiger partial charge in [0.1, 0.15) is 19.3 Å². The van der Waals surface area contributed by atoms with Crippen molar-refractivity contribution >= 4 is 39.5 Å². The molecule has 3 N–H and O–H groups in total. The lowest BCUT2D eigenvalue weighted by Gasteiger charge is -2.21. The van der Waals surface area contributed by atoms with Crippen molar-refractivity contribution in [2.75, 3.05) is 39.6 Å². The zero-order valence-electron chi connectivity index (χ0n) is 68.3. The average Bonchev–Trinajstić information content (AvgIpc) is 0.912. The molecule has 0 saturated heterocycles. The Hall–Kier alpha value is -1.94. The first-order valence-electron chi connectivity index (χ1n) is 44.0. The summed E-state index contributed by atoms with van der Waals surface area (Å²) in [5.41, 5.74) is 0. The van der Waals surface area contributed by atoms with Gasteiger partial charge in [-0.3, -0.25) is 37.3 Å². The maximum absolute atomic E-state index is 13.1. The van der Waals surface area contributed by atoms with E-state index in [2.05, 4.69) is 41.5 Å². The Kier molecular flexibility index (Phi) is 75.0. The van der Waals surface area contributed by atoms with E-state index < -0.39 is 97.5 Å². The highest BCUT2D eigenvalue weighted by Gasteiger charge is 2.30. The van der Waals surface area contributed by atoms with Gasteiger partial charge in [0.05, 0.1) is 26.4 Å². The van der Waals surface area contributed by atoms with Gasteiger partial charge in [-0.15, -0.1) is 0 Å². The van der Waals surface area contributed by atoms with Crippen molar-refractivity contribution < 1.29 is 80.2 Å². The Morgan fingerprint density at radius 2 is 0.442 bits per heavy atom. The highest BCUT2D eigenvalue weighted by Crippen LogP contribution is 2.45. The molecule has 0 rings (SSSR count). The fourth-order valence-corrected chi connectivity index (χ4v) is 14.8. The topological polar surface area (TPSA) is 237 Å². The first-order valence-corrected chi connectivity index (χ1v) is 47.0. The van der Waals surface area contributed by atoms with Gasteiger partial charge in [0.2, 0.25) is 0 Å². The van der Waals surface area contributed by atoms with Gasteiger partial charge in [-0.2, -0.15) is 0 Å². The molecular weight excluding hydrogens is 1350 g/mol. The van der Waals surface area contributed by atoms with E-state index in [0.29, 0.717) is 25.7 Å². The summed E-state index contributed by atoms with van der Waals surface area (Å²) in [7, 11) is -9.92. The number of hydrogen-bond donors (Lipinski definition) is 3. The van der Waals surface area contributed by atoms with Crippen molar-refractivity contribution in [3.8, 4) is 0 Å². The van der Waals surface area contributed by atoms with Crippen molar-refractivity contribution in [3.63, 3.8) is 0 Å². The lowest BCUT2D eigenvalue weighted by Crippen LogP contribution is -2.30. The fraction of sp³-hybridized carbons (Fsp3) is 0.953. The van der Waals surface area contributed by atoms with Crippen LogP contribution < -0.4 is 0 Å². The third-order valence-electron chi connectivity index (χ3n) is 20.0. The molecule has 0 bridgehead atoms. The molecule has 2 unspecified atom stereocenters. The predicted octanol–water partition coefficient (Wildman–Crippen LogP) is 25.8. The Balaban J connectivity index is 5.18. The van der Waals surface area contributed by atoms with Crippen LogP contribution >= 0.6 is 15.6 Å². The molecule has 19 heteroatoms. The minimum Gasteiger partial charge on any atom is -0.462 e. The number of aliphatic hydroxyl groups is 1. The van der Waals surface area contributed by atoms with Gasteiger partial charge in [0, 0.05) is 25.7 Å². The van der Waals surface area contributed by atoms with Gasteiger partial charge < -0.3 is 33.8 Å². The van der Waals surface area contributed by atoms with Gasteiger partial charge in [0.15, 0.2) is 12.2 Å². The van der Waals surface area contributed by atoms with Crippen molar-refractivity contribution in [1.82, 2.24) is 0 Å². The summed E-state index contributed by atoms with van der Waals surface area (Å²) in [5.74, 6) is -0.509. The molecule has 5 atom stereocenters. The lowest BCUT2D eigenvalue weighted by molar-refractivity contribution is -0.161. The molecule has 0 radical (unpaired) electrons. The van der Waals surface area contributed by atoms with E-state index in [1.165, 1.54) is 263 Å². The van der Waals surface area contributed by atoms with Crippen LogP contribution in [-0.2, 0) is 65.4 Å². The highest BCUT2D eigenvalue weighted by atomic mass is 31.2. The molecule has 0 fully saturated rings. The van der Waals surface area contributed by atoms with Gasteiger partial charge in [0.25, 0.3) is 0 Å². The second-order valence-electron chi connectivity index (χ2n) is 31.5. The Labute approximate surface area is 638 Å². The van der Waals surface area contributed by atoms with E-state index in [-0.39, 0.29) is 25.7 Å². The SMILES string of the molecule is CCCCCCCCCCCCCCCCCCCCCCC(=O)OC[C@H](COP(=O)(O)OC[C@@H](O)COP(=O)(O)OC[C@@H](COC(=O)CCCCCCCCCC)OC(=O)CCCCCCCCCCCCCCC(C)C)OC(=O)CCCCCCCCCCCCCCCCCCCCC(C)C. The molecule has 0 aromatic carbocycles. The quantitative estimate of drug-likeness (QED) is 0.0222. The number of rotatable bonds is 84. The number of ether oxygens (including phenoxy) is 4. The fourth-order valence-electron chi connectivity index (χ4n) is 13.2. The summed E-state index contributed by atoms with van der Waals surface area (Å²) in [6.07, 6.45) is 68.2. The summed E-state index contributed by atoms with van der Waals surface area (Å²) in [4.78, 5) is 73.1. The molecule has 0 saturated carbocycles. The van der Waals surface area contributed by atoms with Crippen LogP contribution in [0.25, 0.3) is 0 Å². The second-order valence-corrected chi connectivity index (χ2v) is 34.4. The lowest BCUT2D eigenvalue weighted by atomic mass is 10.0. The van der Waals surface area contributed by atoms with Crippen molar-refractivity contribution in [3.05, 3.63) is 0 Å². The highest BCUT2D eigenvalue weighted by molar-refractivity contribution is 7.47. The first-order chi connectivity index (χ1) is 50.4. The molecule has 0 aliphatic heterocycles. The minimum atomic E-state index is -4.96. The zero-order valence-corrected chi connectivity index (χ0v) is 70.1. The molecule has 0 aromatic rings. The Morgan fingerprint density at radius 1 is 0.260 bits per heavy atom. The molecule has 0 amide bonds. The van der Waals surface area contributed by atoms with Crippen LogP contribution in [0.5, 0.6) is 0 Å². The Bertz CT molecular complexity index is 1990. The number of esters is 4. The van der Waals surface area contributed by atoms with E-state index in [9.17, 15) is 43.2 Å². The van der Waals surface area contributed by atoms with Gasteiger partial charge in [-0.1, -0.05) is 401 Å². The summed E-state index contributed by atoms with van der Waals surface area (Å²) < 4.78 is 68.8. The number of phosphoric acid groups is 2. The van der Waals surface area contributed by atoms with Gasteiger partial charge >= 0.3 is 39.5 Å². The standard InChI is InChI=1S/C85H166O17P2/c1-7-9-11-13-15-17-18-19-20-21-22-23-27-30-33-39-44-50-56-62-68-83(88)96-74-81(102-84(89)69-63-57-51-45-40-34-31-28-25-24-26-29-32-37-42-47-53-59-65-77(3)4)76-100-104(93,94)98-72-79(86)71-97-103(91,92)99-75-80(73-95-82(87)67-61-55-49-16-14-12-10-8-2)101-85(90)70-64-58-52-46-41-36-35-38-43-48-54-60-66-78(5)6/h77-81,86H,7-76H2,1-6H3,(H,91,92)(H,93,94)/t79-,80+,81+/m0/s1. The molecule has 0 heterocycles. The van der Waals surface area contributed by atoms with Gasteiger partial charge in [-0.25, -0.2) is 9.13 Å². The molecular formula is C85H166O17P2. The van der Waals surface area contributed by atoms with E-state index in [1.54, 1.807) is 0 Å². The van der Waals surface area contributed by atoms with Gasteiger partial charge in [-0.05, 0) is 37.5 Å². The van der Waals surface area contributed by atoms with Crippen LogP contribution in [0.4, 0.5) is 0 Å². The van der Waals surface area contributed by atoms with Crippen LogP contribution in [0.15, 0.2) is 0 Å². The normalized spacial score (nSPS) is 13.8. The van der Waals surface area contributed by atoms with E-state index in [4.69, 9.17) is 37.0 Å². The van der Waals surface area contributed by atoms with Crippen LogP contribution in [0, 0.1) is 11.8 Å².